The lowest BCUT2D eigenvalue weighted by atomic mass is 10.3. The van der Waals surface area contributed by atoms with Gasteiger partial charge in [-0.2, -0.15) is 0 Å². The maximum atomic E-state index is 12.2. The molecule has 0 bridgehead atoms. The SMILES string of the molecule is CCOC(=O)CNC(=O)Nc1ccccc1OC(F)(F)F. The molecule has 1 aromatic carbocycles. The van der Waals surface area contributed by atoms with Crippen LogP contribution in [0.4, 0.5) is 23.7 Å². The monoisotopic (exact) mass is 306 g/mol. The molecule has 2 amide bonds. The number of rotatable bonds is 5. The molecule has 0 saturated carbocycles. The van der Waals surface area contributed by atoms with Crippen LogP contribution in [0.15, 0.2) is 24.3 Å². The second-order valence-electron chi connectivity index (χ2n) is 3.66. The first-order valence-electron chi connectivity index (χ1n) is 5.87. The summed E-state index contributed by atoms with van der Waals surface area (Å²) in [6.07, 6.45) is -4.88. The smallest absolute Gasteiger partial charge is 0.465 e. The van der Waals surface area contributed by atoms with Gasteiger partial charge in [0.05, 0.1) is 12.3 Å². The van der Waals surface area contributed by atoms with E-state index in [1.54, 1.807) is 6.92 Å². The van der Waals surface area contributed by atoms with E-state index in [1.165, 1.54) is 18.2 Å². The number of amides is 2. The van der Waals surface area contributed by atoms with Crippen LogP contribution in [0.5, 0.6) is 5.75 Å². The number of hydrogen-bond acceptors (Lipinski definition) is 4. The molecule has 21 heavy (non-hydrogen) atoms. The van der Waals surface area contributed by atoms with Crippen molar-refractivity contribution in [2.45, 2.75) is 13.3 Å². The van der Waals surface area contributed by atoms with Crippen molar-refractivity contribution in [1.29, 1.82) is 0 Å². The van der Waals surface area contributed by atoms with Crippen LogP contribution in [0.1, 0.15) is 6.92 Å². The van der Waals surface area contributed by atoms with E-state index in [4.69, 9.17) is 0 Å². The van der Waals surface area contributed by atoms with Crippen LogP contribution in [0.25, 0.3) is 0 Å². The molecule has 0 aliphatic rings. The molecule has 116 valence electrons. The molecule has 2 N–H and O–H groups in total. The Morgan fingerprint density at radius 1 is 1.24 bits per heavy atom. The molecule has 0 saturated heterocycles. The second-order valence-corrected chi connectivity index (χ2v) is 3.66. The van der Waals surface area contributed by atoms with Gasteiger partial charge in [0.2, 0.25) is 0 Å². The van der Waals surface area contributed by atoms with Gasteiger partial charge in [-0.15, -0.1) is 13.2 Å². The van der Waals surface area contributed by atoms with E-state index < -0.39 is 30.7 Å². The number of halogens is 3. The molecular weight excluding hydrogens is 293 g/mol. The van der Waals surface area contributed by atoms with Gasteiger partial charge in [-0.3, -0.25) is 4.79 Å². The number of para-hydroxylation sites is 2. The van der Waals surface area contributed by atoms with E-state index in [9.17, 15) is 22.8 Å². The highest BCUT2D eigenvalue weighted by molar-refractivity contribution is 5.92. The minimum Gasteiger partial charge on any atom is -0.465 e. The van der Waals surface area contributed by atoms with Crippen LogP contribution in [0.3, 0.4) is 0 Å². The summed E-state index contributed by atoms with van der Waals surface area (Å²) in [5.74, 6) is -1.22. The van der Waals surface area contributed by atoms with Crippen LogP contribution in [0.2, 0.25) is 0 Å². The Bertz CT molecular complexity index is 506. The summed E-state index contributed by atoms with van der Waals surface area (Å²) in [4.78, 5) is 22.5. The molecule has 0 fully saturated rings. The predicted octanol–water partition coefficient (Wildman–Crippen LogP) is 2.27. The summed E-state index contributed by atoms with van der Waals surface area (Å²) in [7, 11) is 0. The molecule has 0 aromatic heterocycles. The van der Waals surface area contributed by atoms with E-state index in [2.05, 4.69) is 20.1 Å². The first kappa shape index (κ1) is 16.6. The lowest BCUT2D eigenvalue weighted by Crippen LogP contribution is -2.34. The Balaban J connectivity index is 2.62. The van der Waals surface area contributed by atoms with Gasteiger partial charge in [-0.05, 0) is 19.1 Å². The number of esters is 1. The number of carbonyl (C=O) groups excluding carboxylic acids is 2. The van der Waals surface area contributed by atoms with Gasteiger partial charge in [0, 0.05) is 0 Å². The van der Waals surface area contributed by atoms with Crippen molar-refractivity contribution in [3.63, 3.8) is 0 Å². The van der Waals surface area contributed by atoms with Crippen molar-refractivity contribution in [1.82, 2.24) is 5.32 Å². The third-order valence-electron chi connectivity index (χ3n) is 2.06. The summed E-state index contributed by atoms with van der Waals surface area (Å²) in [5.41, 5.74) is -0.184. The first-order chi connectivity index (χ1) is 9.81. The number of alkyl halides is 3. The molecule has 0 aliphatic heterocycles. The third kappa shape index (κ3) is 6.50. The Morgan fingerprint density at radius 2 is 1.90 bits per heavy atom. The van der Waals surface area contributed by atoms with Gasteiger partial charge < -0.3 is 20.1 Å². The summed E-state index contributed by atoms with van der Waals surface area (Å²) >= 11 is 0. The molecular formula is C12H13F3N2O4. The van der Waals surface area contributed by atoms with Gasteiger partial charge >= 0.3 is 18.4 Å². The number of ether oxygens (including phenoxy) is 2. The molecule has 0 aliphatic carbocycles. The van der Waals surface area contributed by atoms with E-state index >= 15 is 0 Å². The fourth-order valence-electron chi connectivity index (χ4n) is 1.31. The summed E-state index contributed by atoms with van der Waals surface area (Å²) in [6, 6.07) is 4.16. The summed E-state index contributed by atoms with van der Waals surface area (Å²) < 4.78 is 44.9. The number of nitrogens with one attached hydrogen (secondary N) is 2. The van der Waals surface area contributed by atoms with Crippen molar-refractivity contribution < 1.29 is 32.2 Å². The Morgan fingerprint density at radius 3 is 2.52 bits per heavy atom. The largest absolute Gasteiger partial charge is 0.573 e. The van der Waals surface area contributed by atoms with Crippen molar-refractivity contribution in [2.75, 3.05) is 18.5 Å². The van der Waals surface area contributed by atoms with Crippen molar-refractivity contribution in [3.05, 3.63) is 24.3 Å². The minimum absolute atomic E-state index is 0.157. The average molecular weight is 306 g/mol. The highest BCUT2D eigenvalue weighted by atomic mass is 19.4. The fraction of sp³-hybridized carbons (Fsp3) is 0.333. The third-order valence-corrected chi connectivity index (χ3v) is 2.06. The highest BCUT2D eigenvalue weighted by Crippen LogP contribution is 2.29. The summed E-state index contributed by atoms with van der Waals surface area (Å²) in [5, 5.41) is 4.29. The zero-order valence-corrected chi connectivity index (χ0v) is 11.0. The van der Waals surface area contributed by atoms with E-state index in [0.29, 0.717) is 0 Å². The quantitative estimate of drug-likeness (QED) is 0.818. The molecule has 1 aromatic rings. The number of hydrogen-bond donors (Lipinski definition) is 2. The van der Waals surface area contributed by atoms with E-state index in [1.807, 2.05) is 0 Å². The van der Waals surface area contributed by atoms with Crippen LogP contribution in [-0.2, 0) is 9.53 Å². The summed E-state index contributed by atoms with van der Waals surface area (Å²) in [6.45, 7) is 1.36. The predicted molar refractivity (Wildman–Crippen MR) is 66.8 cm³/mol. The molecule has 0 heterocycles. The number of anilines is 1. The van der Waals surface area contributed by atoms with Gasteiger partial charge in [-0.1, -0.05) is 12.1 Å². The zero-order valence-electron chi connectivity index (χ0n) is 11.0. The lowest BCUT2D eigenvalue weighted by molar-refractivity contribution is -0.274. The van der Waals surface area contributed by atoms with Gasteiger partial charge in [0.25, 0.3) is 0 Å². The normalized spacial score (nSPS) is 10.7. The van der Waals surface area contributed by atoms with Crippen molar-refractivity contribution in [3.8, 4) is 5.75 Å². The average Bonchev–Trinajstić information content (AvgIpc) is 2.37. The van der Waals surface area contributed by atoms with Crippen LogP contribution in [0, 0.1) is 0 Å². The molecule has 0 radical (unpaired) electrons. The first-order valence-corrected chi connectivity index (χ1v) is 5.87. The molecule has 6 nitrogen and oxygen atoms in total. The maximum Gasteiger partial charge on any atom is 0.573 e. The van der Waals surface area contributed by atoms with Gasteiger partial charge in [0.15, 0.2) is 5.75 Å². The van der Waals surface area contributed by atoms with Crippen molar-refractivity contribution in [2.24, 2.45) is 0 Å². The Labute approximate surface area is 118 Å². The fourth-order valence-corrected chi connectivity index (χ4v) is 1.31. The molecule has 1 rings (SSSR count). The lowest BCUT2D eigenvalue weighted by Gasteiger charge is -2.14. The molecule has 0 atom stereocenters. The zero-order chi connectivity index (χ0) is 15.9. The second kappa shape index (κ2) is 7.36. The standard InChI is InChI=1S/C12H13F3N2O4/c1-2-20-10(18)7-16-11(19)17-8-5-3-4-6-9(8)21-12(13,14)15/h3-6H,2,7H2,1H3,(H2,16,17,19). The molecule has 0 spiro atoms. The Kier molecular flexibility index (Phi) is 5.82. The van der Waals surface area contributed by atoms with E-state index in [-0.39, 0.29) is 12.3 Å². The maximum absolute atomic E-state index is 12.2. The molecule has 0 unspecified atom stereocenters. The Hall–Kier alpha value is -2.45. The van der Waals surface area contributed by atoms with E-state index in [0.717, 1.165) is 6.07 Å². The van der Waals surface area contributed by atoms with Crippen LogP contribution in [-0.4, -0.2) is 31.5 Å². The number of carbonyl (C=O) groups is 2. The van der Waals surface area contributed by atoms with Crippen LogP contribution < -0.4 is 15.4 Å². The highest BCUT2D eigenvalue weighted by Gasteiger charge is 2.32. The minimum atomic E-state index is -4.88. The number of benzene rings is 1. The topological polar surface area (TPSA) is 76.7 Å². The van der Waals surface area contributed by atoms with Gasteiger partial charge in [0.1, 0.15) is 6.54 Å². The molecule has 9 heteroatoms. The van der Waals surface area contributed by atoms with Crippen molar-refractivity contribution >= 4 is 17.7 Å². The van der Waals surface area contributed by atoms with Crippen LogP contribution >= 0.6 is 0 Å². The number of urea groups is 1. The van der Waals surface area contributed by atoms with Gasteiger partial charge in [-0.25, -0.2) is 4.79 Å².